The average Bonchev–Trinajstić information content (AvgIpc) is 3.26. The summed E-state index contributed by atoms with van der Waals surface area (Å²) in [6.07, 6.45) is 2.18. The third-order valence-corrected chi connectivity index (χ3v) is 5.37. The van der Waals surface area contributed by atoms with Gasteiger partial charge in [-0.15, -0.1) is 5.73 Å². The number of hydrogen-bond donors (Lipinski definition) is 0. The molecule has 2 heterocycles. The summed E-state index contributed by atoms with van der Waals surface area (Å²) >= 11 is 0. The van der Waals surface area contributed by atoms with Crippen LogP contribution < -0.4 is 0 Å². The summed E-state index contributed by atoms with van der Waals surface area (Å²) in [5.74, 6) is -0.788. The van der Waals surface area contributed by atoms with Gasteiger partial charge in [0.25, 0.3) is 0 Å². The maximum Gasteiger partial charge on any atom is 0.334 e. The fourth-order valence-corrected chi connectivity index (χ4v) is 3.95. The predicted molar refractivity (Wildman–Crippen MR) is 98.8 cm³/mol. The Morgan fingerprint density at radius 3 is 2.78 bits per heavy atom. The molecule has 0 amide bonds. The lowest BCUT2D eigenvalue weighted by Crippen LogP contribution is -2.35. The molecule has 2 aliphatic heterocycles. The smallest absolute Gasteiger partial charge is 0.334 e. The van der Waals surface area contributed by atoms with Crippen molar-refractivity contribution in [3.05, 3.63) is 64.9 Å². The van der Waals surface area contributed by atoms with E-state index in [2.05, 4.69) is 12.3 Å². The molecule has 142 valence electrons. The van der Waals surface area contributed by atoms with E-state index in [4.69, 9.17) is 18.9 Å². The van der Waals surface area contributed by atoms with Crippen LogP contribution in [-0.4, -0.2) is 37.7 Å². The minimum Gasteiger partial charge on any atom is -0.454 e. The van der Waals surface area contributed by atoms with Crippen LogP contribution in [0.15, 0.2) is 59.4 Å². The van der Waals surface area contributed by atoms with Gasteiger partial charge < -0.3 is 18.9 Å². The molecule has 1 saturated heterocycles. The number of carbonyl (C=O) groups excluding carboxylic acids is 1. The molecule has 1 fully saturated rings. The molecular weight excluding hydrogens is 344 g/mol. The van der Waals surface area contributed by atoms with Crippen LogP contribution in [0.5, 0.6) is 0 Å². The number of ether oxygens (including phenoxy) is 4. The Morgan fingerprint density at radius 1 is 1.26 bits per heavy atom. The van der Waals surface area contributed by atoms with Crippen LogP contribution in [0.2, 0.25) is 0 Å². The molecule has 1 atom stereocenters. The number of benzene rings is 1. The second-order valence-electron chi connectivity index (χ2n) is 7.14. The van der Waals surface area contributed by atoms with Crippen LogP contribution in [0.25, 0.3) is 0 Å². The van der Waals surface area contributed by atoms with Gasteiger partial charge in [0, 0.05) is 30.4 Å². The summed E-state index contributed by atoms with van der Waals surface area (Å²) in [5.41, 5.74) is 6.75. The van der Waals surface area contributed by atoms with Gasteiger partial charge in [-0.3, -0.25) is 0 Å². The predicted octanol–water partition coefficient (Wildman–Crippen LogP) is 3.45. The Morgan fingerprint density at radius 2 is 2.04 bits per heavy atom. The number of carbonyl (C=O) groups is 1. The lowest BCUT2D eigenvalue weighted by Gasteiger charge is -2.32. The summed E-state index contributed by atoms with van der Waals surface area (Å²) in [6, 6.07) is 10.0. The Hall–Kier alpha value is -2.17. The Labute approximate surface area is 159 Å². The van der Waals surface area contributed by atoms with E-state index in [1.54, 1.807) is 0 Å². The Balaban J connectivity index is 1.38. The van der Waals surface area contributed by atoms with E-state index in [1.807, 2.05) is 30.3 Å². The van der Waals surface area contributed by atoms with E-state index >= 15 is 0 Å². The van der Waals surface area contributed by atoms with Gasteiger partial charge in [0.05, 0.1) is 26.4 Å². The zero-order valence-electron chi connectivity index (χ0n) is 15.4. The summed E-state index contributed by atoms with van der Waals surface area (Å²) in [6.45, 7) is 5.92. The van der Waals surface area contributed by atoms with Gasteiger partial charge in [-0.1, -0.05) is 36.9 Å². The fourth-order valence-electron chi connectivity index (χ4n) is 3.95. The molecule has 0 aromatic heterocycles. The van der Waals surface area contributed by atoms with Gasteiger partial charge in [-0.2, -0.15) is 0 Å². The molecule has 1 spiro atoms. The van der Waals surface area contributed by atoms with E-state index in [0.717, 1.165) is 22.3 Å². The van der Waals surface area contributed by atoms with Gasteiger partial charge in [-0.25, -0.2) is 4.79 Å². The van der Waals surface area contributed by atoms with Crippen LogP contribution in [0.4, 0.5) is 0 Å². The SMILES string of the molecule is C=C=C(COCc1ccccc1)CC1OC(=O)C2=C1CC1(CC2)OCCO1. The first-order valence-corrected chi connectivity index (χ1v) is 9.39. The quantitative estimate of drug-likeness (QED) is 0.569. The maximum absolute atomic E-state index is 12.3. The van der Waals surface area contributed by atoms with Crippen molar-refractivity contribution in [2.24, 2.45) is 0 Å². The standard InChI is InChI=1S/C22H24O5/c1-2-16(14-24-15-17-6-4-3-5-7-17)12-20-19-13-22(25-10-11-26-22)9-8-18(19)21(23)27-20/h3-7,20H,1,8-15H2. The molecule has 4 rings (SSSR count). The van der Waals surface area contributed by atoms with Crippen molar-refractivity contribution in [2.75, 3.05) is 19.8 Å². The van der Waals surface area contributed by atoms with Gasteiger partial charge in [0.2, 0.25) is 0 Å². The Kier molecular flexibility index (Phi) is 5.28. The summed E-state index contributed by atoms with van der Waals surface area (Å²) in [5, 5.41) is 0. The lowest BCUT2D eigenvalue weighted by atomic mass is 9.84. The molecule has 0 radical (unpaired) electrons. The summed E-state index contributed by atoms with van der Waals surface area (Å²) in [7, 11) is 0. The normalized spacial score (nSPS) is 23.3. The first-order chi connectivity index (χ1) is 13.2. The van der Waals surface area contributed by atoms with Crippen molar-refractivity contribution in [1.82, 2.24) is 0 Å². The monoisotopic (exact) mass is 368 g/mol. The van der Waals surface area contributed by atoms with E-state index in [-0.39, 0.29) is 12.1 Å². The summed E-state index contributed by atoms with van der Waals surface area (Å²) in [4.78, 5) is 12.3. The molecule has 3 aliphatic rings. The second-order valence-corrected chi connectivity index (χ2v) is 7.14. The third kappa shape index (κ3) is 3.92. The van der Waals surface area contributed by atoms with E-state index in [9.17, 15) is 4.79 Å². The van der Waals surface area contributed by atoms with Crippen molar-refractivity contribution in [3.8, 4) is 0 Å². The van der Waals surface area contributed by atoms with Crippen molar-refractivity contribution >= 4 is 5.97 Å². The highest BCUT2D eigenvalue weighted by Gasteiger charge is 2.47. The van der Waals surface area contributed by atoms with Crippen molar-refractivity contribution < 1.29 is 23.7 Å². The van der Waals surface area contributed by atoms with Crippen LogP contribution in [0.3, 0.4) is 0 Å². The van der Waals surface area contributed by atoms with Crippen molar-refractivity contribution in [2.45, 2.75) is 44.2 Å². The molecule has 1 aromatic rings. The van der Waals surface area contributed by atoms with Gasteiger partial charge in [-0.05, 0) is 17.6 Å². The van der Waals surface area contributed by atoms with Crippen LogP contribution in [0, 0.1) is 0 Å². The van der Waals surface area contributed by atoms with E-state index in [0.29, 0.717) is 52.1 Å². The highest BCUT2D eigenvalue weighted by Crippen LogP contribution is 2.44. The Bertz CT molecular complexity index is 782. The number of cyclic esters (lactones) is 1. The number of rotatable bonds is 6. The molecule has 5 heteroatoms. The first kappa shape index (κ1) is 18.2. The van der Waals surface area contributed by atoms with Crippen LogP contribution in [0.1, 0.15) is 31.2 Å². The number of hydrogen-bond acceptors (Lipinski definition) is 5. The molecule has 1 aromatic carbocycles. The van der Waals surface area contributed by atoms with Gasteiger partial charge in [0.1, 0.15) is 6.10 Å². The zero-order chi connectivity index (χ0) is 18.7. The van der Waals surface area contributed by atoms with Crippen molar-refractivity contribution in [1.29, 1.82) is 0 Å². The molecule has 27 heavy (non-hydrogen) atoms. The lowest BCUT2D eigenvalue weighted by molar-refractivity contribution is -0.164. The van der Waals surface area contributed by atoms with E-state index in [1.165, 1.54) is 0 Å². The van der Waals surface area contributed by atoms with Gasteiger partial charge in [0.15, 0.2) is 5.79 Å². The molecule has 0 N–H and O–H groups in total. The fraction of sp³-hybridized carbons (Fsp3) is 0.455. The molecule has 5 nitrogen and oxygen atoms in total. The highest BCUT2D eigenvalue weighted by molar-refractivity contribution is 5.92. The third-order valence-electron chi connectivity index (χ3n) is 5.37. The largest absolute Gasteiger partial charge is 0.454 e. The number of esters is 1. The van der Waals surface area contributed by atoms with Gasteiger partial charge >= 0.3 is 5.97 Å². The van der Waals surface area contributed by atoms with E-state index < -0.39 is 5.79 Å². The van der Waals surface area contributed by atoms with Crippen LogP contribution in [-0.2, 0) is 30.3 Å². The summed E-state index contributed by atoms with van der Waals surface area (Å²) < 4.78 is 23.1. The minimum absolute atomic E-state index is 0.212. The highest BCUT2D eigenvalue weighted by atomic mass is 16.7. The topological polar surface area (TPSA) is 54.0 Å². The molecule has 0 saturated carbocycles. The van der Waals surface area contributed by atoms with Crippen molar-refractivity contribution in [3.63, 3.8) is 0 Å². The first-order valence-electron chi connectivity index (χ1n) is 9.39. The second kappa shape index (κ2) is 7.83. The molecule has 1 unspecified atom stereocenters. The van der Waals surface area contributed by atoms with Crippen LogP contribution >= 0.6 is 0 Å². The average molecular weight is 368 g/mol. The zero-order valence-corrected chi connectivity index (χ0v) is 15.4. The molecular formula is C22H24O5. The minimum atomic E-state index is -0.576. The maximum atomic E-state index is 12.3. The molecule has 0 bridgehead atoms. The molecule has 1 aliphatic carbocycles.